The minimum Gasteiger partial charge on any atom is -0.461 e. The number of ether oxygens (including phenoxy) is 4. The quantitative estimate of drug-likeness (QED) is 0.323. The van der Waals surface area contributed by atoms with Gasteiger partial charge in [-0.15, -0.1) is 0 Å². The number of hydrogen-bond acceptors (Lipinski definition) is 9. The van der Waals surface area contributed by atoms with E-state index >= 15 is 0 Å². The van der Waals surface area contributed by atoms with Gasteiger partial charge in [-0.25, -0.2) is 9.59 Å². The summed E-state index contributed by atoms with van der Waals surface area (Å²) in [5.41, 5.74) is 1.11. The van der Waals surface area contributed by atoms with Gasteiger partial charge in [0.2, 0.25) is 5.78 Å². The summed E-state index contributed by atoms with van der Waals surface area (Å²) in [5.74, 6) is -4.96. The van der Waals surface area contributed by atoms with Crippen molar-refractivity contribution in [3.05, 3.63) is 45.6 Å². The van der Waals surface area contributed by atoms with E-state index in [9.17, 15) is 24.0 Å². The molecule has 1 heterocycles. The Morgan fingerprint density at radius 2 is 1.74 bits per heavy atom. The molecule has 0 aromatic heterocycles. The lowest BCUT2D eigenvalue weighted by molar-refractivity contribution is -0.166. The summed E-state index contributed by atoms with van der Waals surface area (Å²) in [6.07, 6.45) is -2.00. The Morgan fingerprint density at radius 1 is 1.09 bits per heavy atom. The van der Waals surface area contributed by atoms with Gasteiger partial charge in [0.25, 0.3) is 0 Å². The molecule has 2 aliphatic carbocycles. The highest BCUT2D eigenvalue weighted by Gasteiger charge is 2.58. The van der Waals surface area contributed by atoms with Gasteiger partial charge in [0.15, 0.2) is 12.2 Å². The lowest BCUT2D eigenvalue weighted by Gasteiger charge is -2.32. The van der Waals surface area contributed by atoms with Crippen LogP contribution in [0.15, 0.2) is 45.6 Å². The molecular formula is C24H25ClO9. The van der Waals surface area contributed by atoms with E-state index in [2.05, 4.69) is 6.58 Å². The summed E-state index contributed by atoms with van der Waals surface area (Å²) in [6.45, 7) is 10.7. The monoisotopic (exact) mass is 492 g/mol. The third-order valence-corrected chi connectivity index (χ3v) is 6.71. The van der Waals surface area contributed by atoms with Crippen molar-refractivity contribution in [3.8, 4) is 0 Å². The summed E-state index contributed by atoms with van der Waals surface area (Å²) in [4.78, 5) is 61.8. The molecule has 0 radical (unpaired) electrons. The van der Waals surface area contributed by atoms with Gasteiger partial charge in [0, 0.05) is 30.9 Å². The van der Waals surface area contributed by atoms with Crippen LogP contribution < -0.4 is 0 Å². The van der Waals surface area contributed by atoms with Crippen LogP contribution in [0.1, 0.15) is 34.6 Å². The molecule has 182 valence electrons. The third-order valence-electron chi connectivity index (χ3n) is 6.24. The molecule has 5 unspecified atom stereocenters. The number of fused-ring (bicyclic) bond motifs is 3. The minimum atomic E-state index is -1.25. The normalized spacial score (nSPS) is 28.8. The second kappa shape index (κ2) is 9.58. The van der Waals surface area contributed by atoms with Crippen LogP contribution in [0, 0.1) is 11.8 Å². The Balaban J connectivity index is 2.12. The van der Waals surface area contributed by atoms with Crippen molar-refractivity contribution >= 4 is 41.3 Å². The number of rotatable bonds is 5. The van der Waals surface area contributed by atoms with Crippen molar-refractivity contribution in [3.63, 3.8) is 0 Å². The average molecular weight is 493 g/mol. The van der Waals surface area contributed by atoms with Crippen molar-refractivity contribution in [1.82, 2.24) is 0 Å². The van der Waals surface area contributed by atoms with Gasteiger partial charge >= 0.3 is 23.9 Å². The number of hydrogen-bond donors (Lipinski definition) is 0. The van der Waals surface area contributed by atoms with E-state index in [0.29, 0.717) is 11.1 Å². The molecule has 5 atom stereocenters. The third kappa shape index (κ3) is 4.32. The van der Waals surface area contributed by atoms with Crippen LogP contribution in [-0.2, 0) is 42.9 Å². The van der Waals surface area contributed by atoms with Crippen LogP contribution in [0.3, 0.4) is 0 Å². The first-order chi connectivity index (χ1) is 15.9. The van der Waals surface area contributed by atoms with Gasteiger partial charge in [0.05, 0.1) is 16.5 Å². The van der Waals surface area contributed by atoms with Crippen LogP contribution >= 0.6 is 11.6 Å². The van der Waals surface area contributed by atoms with Crippen LogP contribution in [-0.4, -0.2) is 54.6 Å². The fraction of sp³-hybridized carbons (Fsp3) is 0.458. The Kier molecular flexibility index (Phi) is 7.16. The lowest BCUT2D eigenvalue weighted by atomic mass is 9.82. The zero-order valence-corrected chi connectivity index (χ0v) is 20.2. The molecule has 34 heavy (non-hydrogen) atoms. The van der Waals surface area contributed by atoms with E-state index in [1.165, 1.54) is 19.9 Å². The molecule has 0 amide bonds. The second-order valence-corrected chi connectivity index (χ2v) is 8.69. The van der Waals surface area contributed by atoms with E-state index in [4.69, 9.17) is 30.5 Å². The minimum absolute atomic E-state index is 0.00117. The summed E-state index contributed by atoms with van der Waals surface area (Å²) in [6, 6.07) is 0. The molecule has 0 spiro atoms. The number of ketones is 1. The smallest absolute Gasteiger partial charge is 0.337 e. The van der Waals surface area contributed by atoms with Crippen molar-refractivity contribution < 1.29 is 42.9 Å². The number of allylic oxidation sites excluding steroid dienone is 2. The molecule has 3 rings (SSSR count). The van der Waals surface area contributed by atoms with Crippen LogP contribution in [0.5, 0.6) is 0 Å². The SMILES string of the molecule is C=C1C(=O)OC2C3C(C)=C(Cl)C(=O)C3=C(C)C(OC(C)=O)C(OC(=O)C(=CC)COC(C)=O)C12. The lowest BCUT2D eigenvalue weighted by Crippen LogP contribution is -2.44. The molecule has 0 aromatic rings. The maximum Gasteiger partial charge on any atom is 0.337 e. The average Bonchev–Trinajstić information content (AvgIpc) is 3.13. The van der Waals surface area contributed by atoms with Crippen LogP contribution in [0.2, 0.25) is 0 Å². The molecule has 0 saturated carbocycles. The van der Waals surface area contributed by atoms with Gasteiger partial charge < -0.3 is 18.9 Å². The highest BCUT2D eigenvalue weighted by molar-refractivity contribution is 6.47. The van der Waals surface area contributed by atoms with E-state index in [1.54, 1.807) is 20.8 Å². The van der Waals surface area contributed by atoms with Gasteiger partial charge in [-0.1, -0.05) is 24.3 Å². The predicted octanol–water partition coefficient (Wildman–Crippen LogP) is 2.48. The Morgan fingerprint density at radius 3 is 2.29 bits per heavy atom. The standard InChI is InChI=1S/C24H25ClO9/c1-7-14(8-31-12(5)26)24(30)34-22-17-11(4)23(29)33-21(17)16-9(2)18(25)19(28)15(16)10(3)20(22)32-13(6)27/h7,16-17,20-22H,4,8H2,1-3,5-6H3. The highest BCUT2D eigenvalue weighted by Crippen LogP contribution is 2.51. The molecule has 1 saturated heterocycles. The largest absolute Gasteiger partial charge is 0.461 e. The summed E-state index contributed by atoms with van der Waals surface area (Å²) in [7, 11) is 0. The number of carbonyl (C=O) groups is 5. The van der Waals surface area contributed by atoms with Gasteiger partial charge in [-0.2, -0.15) is 0 Å². The first-order valence-electron chi connectivity index (χ1n) is 10.6. The number of esters is 4. The molecule has 10 heteroatoms. The van der Waals surface area contributed by atoms with E-state index < -0.39 is 59.8 Å². The molecule has 0 bridgehead atoms. The Hall–Kier alpha value is -3.20. The molecule has 9 nitrogen and oxygen atoms in total. The molecule has 3 aliphatic rings. The number of carbonyl (C=O) groups excluding carboxylic acids is 5. The Bertz CT molecular complexity index is 1090. The molecule has 1 fully saturated rings. The molecule has 0 aromatic carbocycles. The second-order valence-electron chi connectivity index (χ2n) is 8.32. The van der Waals surface area contributed by atoms with E-state index in [1.807, 2.05) is 0 Å². The summed E-state index contributed by atoms with van der Waals surface area (Å²) < 4.78 is 21.8. The fourth-order valence-electron chi connectivity index (χ4n) is 4.59. The van der Waals surface area contributed by atoms with E-state index in [0.717, 1.165) is 0 Å². The zero-order chi connectivity index (χ0) is 25.5. The van der Waals surface area contributed by atoms with Gasteiger partial charge in [-0.05, 0) is 31.9 Å². The van der Waals surface area contributed by atoms with Gasteiger partial charge in [-0.3, -0.25) is 14.4 Å². The van der Waals surface area contributed by atoms with Crippen molar-refractivity contribution in [1.29, 1.82) is 0 Å². The maximum absolute atomic E-state index is 13.0. The Labute approximate surface area is 201 Å². The predicted molar refractivity (Wildman–Crippen MR) is 118 cm³/mol. The molecule has 0 N–H and O–H groups in total. The topological polar surface area (TPSA) is 122 Å². The molecule has 1 aliphatic heterocycles. The van der Waals surface area contributed by atoms with Crippen molar-refractivity contribution in [2.45, 2.75) is 52.9 Å². The zero-order valence-electron chi connectivity index (χ0n) is 19.4. The summed E-state index contributed by atoms with van der Waals surface area (Å²) >= 11 is 6.26. The fourth-order valence-corrected chi connectivity index (χ4v) is 4.81. The maximum atomic E-state index is 13.0. The first-order valence-corrected chi connectivity index (χ1v) is 11.0. The first kappa shape index (κ1) is 25.4. The van der Waals surface area contributed by atoms with Crippen LogP contribution in [0.25, 0.3) is 0 Å². The number of Topliss-reactive ketones (excluding diaryl/α,β-unsaturated/α-hetero) is 1. The highest BCUT2D eigenvalue weighted by atomic mass is 35.5. The van der Waals surface area contributed by atoms with Crippen molar-refractivity contribution in [2.24, 2.45) is 11.8 Å². The van der Waals surface area contributed by atoms with E-state index in [-0.39, 0.29) is 28.4 Å². The van der Waals surface area contributed by atoms with Crippen molar-refractivity contribution in [2.75, 3.05) is 6.61 Å². The summed E-state index contributed by atoms with van der Waals surface area (Å²) in [5, 5.41) is 0.00117. The van der Waals surface area contributed by atoms with Gasteiger partial charge in [0.1, 0.15) is 12.7 Å². The van der Waals surface area contributed by atoms with Crippen LogP contribution in [0.4, 0.5) is 0 Å². The molecular weight excluding hydrogens is 468 g/mol. The number of halogens is 1.